The number of hydrogen-bond acceptors (Lipinski definition) is 15. The van der Waals surface area contributed by atoms with Crippen molar-refractivity contribution in [2.45, 2.75) is 138 Å². The highest BCUT2D eigenvalue weighted by molar-refractivity contribution is 8.76. The number of hydrogen-bond donors (Lipinski definition) is 12. The molecule has 0 saturated carbocycles. The lowest BCUT2D eigenvalue weighted by molar-refractivity contribution is -0.140. The van der Waals surface area contributed by atoms with Crippen LogP contribution in [0.5, 0.6) is 0 Å². The lowest BCUT2D eigenvalue weighted by atomic mass is 10.0. The van der Waals surface area contributed by atoms with E-state index in [1.807, 2.05) is 31.2 Å². The van der Waals surface area contributed by atoms with Gasteiger partial charge >= 0.3 is 6.03 Å². The van der Waals surface area contributed by atoms with Gasteiger partial charge in [0.25, 0.3) is 0 Å². The number of nitrogens with two attached hydrogens (primary N) is 3. The number of unbranched alkanes of at least 4 members (excludes halogenated alkanes) is 2. The fourth-order valence-electron chi connectivity index (χ4n) is 10.0. The minimum Gasteiger partial charge on any atom is -0.370 e. The molecule has 3 saturated heterocycles. The summed E-state index contributed by atoms with van der Waals surface area (Å²) < 4.78 is 0. The van der Waals surface area contributed by atoms with E-state index in [9.17, 15) is 43.2 Å². The molecule has 24 nitrogen and oxygen atoms in total. The van der Waals surface area contributed by atoms with Gasteiger partial charge in [-0.15, -0.1) is 11.3 Å². The topological polar surface area (TPSA) is 372 Å². The van der Waals surface area contributed by atoms with Gasteiger partial charge in [-0.1, -0.05) is 96.3 Å². The number of nitrogens with one attached hydrogen (secondary N) is 9. The number of H-pyrrole nitrogens is 1. The number of aliphatic imine (C=N–C) groups is 1. The highest BCUT2D eigenvalue weighted by Crippen LogP contribution is 2.33. The van der Waals surface area contributed by atoms with E-state index in [0.717, 1.165) is 29.5 Å². The second-order valence-electron chi connectivity index (χ2n) is 20.6. The van der Waals surface area contributed by atoms with Gasteiger partial charge in [-0.2, -0.15) is 11.8 Å². The van der Waals surface area contributed by atoms with E-state index >= 15 is 0 Å². The van der Waals surface area contributed by atoms with Crippen LogP contribution in [0.3, 0.4) is 0 Å². The maximum atomic E-state index is 14.8. The fraction of sp³-hybridized carbons (Fsp3) is 0.509. The maximum Gasteiger partial charge on any atom is 0.315 e. The number of fused-ring (bicyclic) bond motifs is 2. The number of guanidine groups is 1. The number of urea groups is 1. The van der Waals surface area contributed by atoms with Crippen molar-refractivity contribution in [2.24, 2.45) is 22.2 Å². The summed E-state index contributed by atoms with van der Waals surface area (Å²) in [7, 11) is 2.44. The van der Waals surface area contributed by atoms with Crippen molar-refractivity contribution < 1.29 is 43.2 Å². The molecule has 2 aromatic carbocycles. The quantitative estimate of drug-likeness (QED) is 0.0184. The van der Waals surface area contributed by atoms with Crippen LogP contribution in [0.1, 0.15) is 80.7 Å². The lowest BCUT2D eigenvalue weighted by Gasteiger charge is -2.29. The molecule has 0 bridgehead atoms. The van der Waals surface area contributed by atoms with Crippen molar-refractivity contribution in [1.29, 1.82) is 0 Å². The van der Waals surface area contributed by atoms with Crippen LogP contribution in [0, 0.1) is 0 Å². The zero-order valence-corrected chi connectivity index (χ0v) is 49.5. The van der Waals surface area contributed by atoms with Crippen LogP contribution < -0.4 is 59.7 Å². The van der Waals surface area contributed by atoms with Crippen molar-refractivity contribution in [3.05, 3.63) is 88.5 Å². The Morgan fingerprint density at radius 2 is 1.47 bits per heavy atom. The van der Waals surface area contributed by atoms with Crippen LogP contribution in [0.2, 0.25) is 0 Å². The number of para-hydroxylation sites is 1. The first-order chi connectivity index (χ1) is 40.0. The van der Waals surface area contributed by atoms with E-state index in [1.54, 1.807) is 60.0 Å². The molecule has 9 atom stereocenters. The van der Waals surface area contributed by atoms with Gasteiger partial charge in [-0.05, 0) is 49.3 Å². The summed E-state index contributed by atoms with van der Waals surface area (Å²) in [4.78, 5) is 140. The summed E-state index contributed by atoms with van der Waals surface area (Å²) in [5.41, 5.74) is 20.8. The first-order valence-electron chi connectivity index (χ1n) is 27.9. The van der Waals surface area contributed by atoms with Crippen molar-refractivity contribution in [2.75, 3.05) is 36.9 Å². The Bertz CT molecular complexity index is 2900. The number of thioether (sulfide) groups is 1. The SMILES string of the molecule is CCCC[C@H](NC(=O)CCCC[C@@H]1SC[C@@H]2NC(=O)N[C@@H]21)C(=O)N1CCSSC[C@@H](C(N)=O)NC(=O)[C@H](Cc2c[nH]c3ccccc23)NC(=O)[C@H](CCCN=C(N)N)NC(=O)[C@@H](Cc2ccccc2)NC(=O)[C@H](Cc2cncs2)NC(=O)C1. The molecular formula is C55H75N15O9S4. The van der Waals surface area contributed by atoms with Crippen LogP contribution in [-0.4, -0.2) is 165 Å². The molecular weight excluding hydrogens is 1140 g/mol. The molecule has 28 heteroatoms. The summed E-state index contributed by atoms with van der Waals surface area (Å²) in [6, 6.07) is 8.73. The molecule has 3 aliphatic rings. The van der Waals surface area contributed by atoms with E-state index in [2.05, 4.69) is 57.5 Å². The number of carbonyl (C=O) groups excluding carboxylic acids is 9. The standard InChI is InChI=1S/C55H75N15O9S4/c1-2-3-15-38(62-45(71)19-10-9-18-44-47-42(29-80-44)68-55(79)69-47)53(78)70-21-22-82-83-30-43(48(56)73)67-51(76)40(24-33-26-61-36-16-8-7-14-35(33)36)66-49(74)37(17-11-20-60-54(57)58)64-50(75)39(23-32-12-5-4-6-13-32)65-52(77)41(63-46(72)28-70)25-34-27-59-31-81-34/h4-8,12-14,16,26-27,31,37-44,47,61H,2-3,9-11,15,17-25,28-30H2,1H3,(H2,56,73)(H,62,71)(H,63,72)(H,64,75)(H,65,77)(H,66,74)(H,67,76)(H4,57,58,60)(H2,68,69,79)/t37-,38-,39+,40-,41-,42-,43-,44-,47-/m0/s1. The monoisotopic (exact) mass is 1220 g/mol. The number of carbonyl (C=O) groups is 9. The van der Waals surface area contributed by atoms with E-state index in [1.165, 1.54) is 37.8 Å². The van der Waals surface area contributed by atoms with Crippen LogP contribution in [0.15, 0.2) is 77.5 Å². The predicted molar refractivity (Wildman–Crippen MR) is 324 cm³/mol. The summed E-state index contributed by atoms with van der Waals surface area (Å²) >= 11 is 3.05. The molecule has 7 rings (SSSR count). The van der Waals surface area contributed by atoms with Crippen molar-refractivity contribution in [3.63, 3.8) is 0 Å². The zero-order valence-electron chi connectivity index (χ0n) is 46.2. The van der Waals surface area contributed by atoms with Crippen LogP contribution in [-0.2, 0) is 57.6 Å². The molecule has 3 aliphatic heterocycles. The van der Waals surface area contributed by atoms with Crippen LogP contribution in [0.4, 0.5) is 4.79 Å². The Morgan fingerprint density at radius 3 is 2.20 bits per heavy atom. The Hall–Kier alpha value is -7.04. The summed E-state index contributed by atoms with van der Waals surface area (Å²) in [5, 5.41) is 23.9. The van der Waals surface area contributed by atoms with Crippen molar-refractivity contribution in [1.82, 2.24) is 57.4 Å². The number of aromatic amines is 1. The van der Waals surface area contributed by atoms with Gasteiger partial charge in [-0.25, -0.2) is 4.79 Å². The van der Waals surface area contributed by atoms with Gasteiger partial charge in [0.05, 0.1) is 24.1 Å². The van der Waals surface area contributed by atoms with Gasteiger partial charge in [0.2, 0.25) is 47.3 Å². The number of primary amides is 1. The first kappa shape index (κ1) is 63.5. The minimum absolute atomic E-state index is 0.0144. The van der Waals surface area contributed by atoms with Crippen molar-refractivity contribution in [3.8, 4) is 0 Å². The first-order valence-corrected chi connectivity index (χ1v) is 32.3. The molecule has 15 N–H and O–H groups in total. The highest BCUT2D eigenvalue weighted by atomic mass is 33.1. The van der Waals surface area contributed by atoms with Gasteiger partial charge < -0.3 is 69.6 Å². The highest BCUT2D eigenvalue weighted by Gasteiger charge is 2.43. The predicted octanol–water partition coefficient (Wildman–Crippen LogP) is 1.24. The fourth-order valence-corrected chi connectivity index (χ4v) is 14.4. The van der Waals surface area contributed by atoms with Crippen molar-refractivity contribution >= 4 is 115 Å². The number of amides is 10. The number of benzene rings is 2. The Balaban J connectivity index is 1.17. The number of nitrogens with zero attached hydrogens (tertiary/aromatic N) is 3. The van der Waals surface area contributed by atoms with Gasteiger partial charge in [0.1, 0.15) is 36.3 Å². The second-order valence-corrected chi connectivity index (χ2v) is 25.5. The van der Waals surface area contributed by atoms with Gasteiger partial charge in [0, 0.05) is 89.5 Å². The molecule has 10 amide bonds. The Labute approximate surface area is 497 Å². The van der Waals surface area contributed by atoms with E-state index in [0.29, 0.717) is 35.3 Å². The number of thiazole rings is 1. The molecule has 448 valence electrons. The lowest BCUT2D eigenvalue weighted by Crippen LogP contribution is -2.60. The summed E-state index contributed by atoms with van der Waals surface area (Å²) in [6.07, 6.45) is 7.15. The molecule has 0 aliphatic carbocycles. The minimum atomic E-state index is -1.34. The number of aromatic nitrogens is 2. The molecule has 2 aromatic heterocycles. The molecule has 0 unspecified atom stereocenters. The third-order valence-electron chi connectivity index (χ3n) is 14.4. The van der Waals surface area contributed by atoms with Crippen LogP contribution in [0.25, 0.3) is 10.9 Å². The van der Waals surface area contributed by atoms with E-state index in [-0.39, 0.29) is 105 Å². The average Bonchev–Trinajstić information content (AvgIpc) is 4.46. The molecule has 4 aromatic rings. The normalized spacial score (nSPS) is 23.6. The molecule has 0 radical (unpaired) electrons. The largest absolute Gasteiger partial charge is 0.370 e. The van der Waals surface area contributed by atoms with Gasteiger partial charge in [0.15, 0.2) is 5.96 Å². The third kappa shape index (κ3) is 19.5. The molecule has 0 spiro atoms. The van der Waals surface area contributed by atoms with E-state index < -0.39 is 84.1 Å². The van der Waals surface area contributed by atoms with E-state index in [4.69, 9.17) is 17.2 Å². The number of rotatable bonds is 21. The third-order valence-corrected chi connectivity index (χ3v) is 19.1. The van der Waals surface area contributed by atoms with Gasteiger partial charge in [-0.3, -0.25) is 48.3 Å². The summed E-state index contributed by atoms with van der Waals surface area (Å²) in [5.74, 6) is -4.58. The molecule has 83 heavy (non-hydrogen) atoms. The summed E-state index contributed by atoms with van der Waals surface area (Å²) in [6.45, 7) is 1.51. The Morgan fingerprint density at radius 1 is 0.759 bits per heavy atom. The molecule has 3 fully saturated rings. The second kappa shape index (κ2) is 32.1. The smallest absolute Gasteiger partial charge is 0.315 e. The maximum absolute atomic E-state index is 14.8. The average molecular weight is 1220 g/mol. The van der Waals surface area contributed by atoms with Crippen LogP contribution >= 0.6 is 44.7 Å². The zero-order chi connectivity index (χ0) is 59.3. The Kier molecular flexibility index (Phi) is 24.6. The molecule has 5 heterocycles.